The van der Waals surface area contributed by atoms with Crippen LogP contribution in [0.2, 0.25) is 10.0 Å². The van der Waals surface area contributed by atoms with Crippen LogP contribution in [-0.2, 0) is 11.4 Å². The number of benzene rings is 2. The van der Waals surface area contributed by atoms with E-state index in [4.69, 9.17) is 28.0 Å². The first-order valence-corrected chi connectivity index (χ1v) is 6.94. The number of halogens is 2. The van der Waals surface area contributed by atoms with Crippen LogP contribution in [0.1, 0.15) is 17.2 Å². The quantitative estimate of drug-likeness (QED) is 0.630. The zero-order valence-corrected chi connectivity index (χ0v) is 12.2. The molecule has 1 unspecified atom stereocenters. The van der Waals surface area contributed by atoms with E-state index in [0.717, 1.165) is 5.56 Å². The van der Waals surface area contributed by atoms with Gasteiger partial charge in [-0.2, -0.15) is 5.48 Å². The first kappa shape index (κ1) is 15.3. The molecule has 0 amide bonds. The number of hydrogen-bond donors (Lipinski definition) is 2. The molecule has 0 aromatic heterocycles. The molecule has 2 rings (SSSR count). The molecule has 0 bridgehead atoms. The van der Waals surface area contributed by atoms with Crippen LogP contribution in [0.3, 0.4) is 0 Å². The van der Waals surface area contributed by atoms with Crippen LogP contribution in [0, 0.1) is 0 Å². The summed E-state index contributed by atoms with van der Waals surface area (Å²) in [6.45, 7) is 0.656. The maximum Gasteiger partial charge on any atom is 0.0952 e. The second-order valence-corrected chi connectivity index (χ2v) is 5.15. The minimum atomic E-state index is -0.781. The SMILES string of the molecule is OC(CNOCc1ccccc1)c1cc(Cl)ccc1Cl. The van der Waals surface area contributed by atoms with E-state index in [-0.39, 0.29) is 6.54 Å². The highest BCUT2D eigenvalue weighted by Crippen LogP contribution is 2.25. The summed E-state index contributed by atoms with van der Waals surface area (Å²) in [4.78, 5) is 5.30. The Kier molecular flexibility index (Phi) is 5.83. The van der Waals surface area contributed by atoms with Crippen LogP contribution in [0.25, 0.3) is 0 Å². The van der Waals surface area contributed by atoms with E-state index in [1.54, 1.807) is 18.2 Å². The summed E-state index contributed by atoms with van der Waals surface area (Å²) in [6, 6.07) is 14.7. The smallest absolute Gasteiger partial charge is 0.0952 e. The molecular formula is C15H15Cl2NO2. The highest BCUT2D eigenvalue weighted by Gasteiger charge is 2.12. The van der Waals surface area contributed by atoms with Crippen molar-refractivity contribution < 1.29 is 9.94 Å². The fourth-order valence-electron chi connectivity index (χ4n) is 1.73. The number of rotatable bonds is 6. The van der Waals surface area contributed by atoms with E-state index in [1.165, 1.54) is 0 Å². The van der Waals surface area contributed by atoms with Crippen molar-refractivity contribution in [2.24, 2.45) is 0 Å². The number of nitrogens with one attached hydrogen (secondary N) is 1. The van der Waals surface area contributed by atoms with E-state index < -0.39 is 6.10 Å². The molecule has 0 aliphatic rings. The molecule has 0 aliphatic carbocycles. The van der Waals surface area contributed by atoms with Gasteiger partial charge < -0.3 is 5.11 Å². The molecule has 106 valence electrons. The third kappa shape index (κ3) is 4.47. The lowest BCUT2D eigenvalue weighted by Crippen LogP contribution is -2.22. The molecule has 5 heteroatoms. The van der Waals surface area contributed by atoms with E-state index in [1.807, 2.05) is 30.3 Å². The summed E-state index contributed by atoms with van der Waals surface area (Å²) in [5.41, 5.74) is 4.36. The summed E-state index contributed by atoms with van der Waals surface area (Å²) in [6.07, 6.45) is -0.781. The summed E-state index contributed by atoms with van der Waals surface area (Å²) >= 11 is 11.9. The van der Waals surface area contributed by atoms with Gasteiger partial charge in [-0.25, -0.2) is 0 Å². The third-order valence-electron chi connectivity index (χ3n) is 2.78. The maximum atomic E-state index is 10.0. The zero-order chi connectivity index (χ0) is 14.4. The van der Waals surface area contributed by atoms with Gasteiger partial charge in [0.05, 0.1) is 19.3 Å². The highest BCUT2D eigenvalue weighted by molar-refractivity contribution is 6.33. The molecule has 0 radical (unpaired) electrons. The lowest BCUT2D eigenvalue weighted by molar-refractivity contribution is 0.00272. The molecule has 20 heavy (non-hydrogen) atoms. The lowest BCUT2D eigenvalue weighted by Gasteiger charge is -2.14. The molecule has 1 atom stereocenters. The molecule has 2 aromatic rings. The molecule has 0 saturated heterocycles. The van der Waals surface area contributed by atoms with E-state index in [2.05, 4.69) is 5.48 Å². The van der Waals surface area contributed by atoms with Crippen molar-refractivity contribution in [3.8, 4) is 0 Å². The first-order chi connectivity index (χ1) is 9.66. The lowest BCUT2D eigenvalue weighted by atomic mass is 10.1. The van der Waals surface area contributed by atoms with Crippen molar-refractivity contribution in [3.63, 3.8) is 0 Å². The van der Waals surface area contributed by atoms with Crippen LogP contribution in [0.4, 0.5) is 0 Å². The maximum absolute atomic E-state index is 10.0. The van der Waals surface area contributed by atoms with Crippen LogP contribution < -0.4 is 5.48 Å². The number of aliphatic hydroxyl groups is 1. The average Bonchev–Trinajstić information content (AvgIpc) is 2.47. The Morgan fingerprint density at radius 3 is 2.60 bits per heavy atom. The first-order valence-electron chi connectivity index (χ1n) is 6.18. The Morgan fingerprint density at radius 1 is 1.10 bits per heavy atom. The van der Waals surface area contributed by atoms with Gasteiger partial charge in [0.15, 0.2) is 0 Å². The van der Waals surface area contributed by atoms with Crippen molar-refractivity contribution in [1.82, 2.24) is 5.48 Å². The van der Waals surface area contributed by atoms with Gasteiger partial charge in [-0.1, -0.05) is 53.5 Å². The third-order valence-corrected chi connectivity index (χ3v) is 3.36. The molecular weight excluding hydrogens is 297 g/mol. The molecule has 3 nitrogen and oxygen atoms in total. The van der Waals surface area contributed by atoms with Gasteiger partial charge >= 0.3 is 0 Å². The summed E-state index contributed by atoms with van der Waals surface area (Å²) in [5.74, 6) is 0. The van der Waals surface area contributed by atoms with Crippen LogP contribution >= 0.6 is 23.2 Å². The molecule has 0 heterocycles. The monoisotopic (exact) mass is 311 g/mol. The zero-order valence-electron chi connectivity index (χ0n) is 10.7. The second-order valence-electron chi connectivity index (χ2n) is 4.30. The van der Waals surface area contributed by atoms with Crippen LogP contribution in [-0.4, -0.2) is 11.7 Å². The van der Waals surface area contributed by atoms with Crippen molar-refractivity contribution in [2.45, 2.75) is 12.7 Å². The predicted octanol–water partition coefficient (Wildman–Crippen LogP) is 3.75. The minimum Gasteiger partial charge on any atom is -0.387 e. The topological polar surface area (TPSA) is 41.5 Å². The van der Waals surface area contributed by atoms with Gasteiger partial charge in [0.25, 0.3) is 0 Å². The number of hydrogen-bond acceptors (Lipinski definition) is 3. The fourth-order valence-corrected chi connectivity index (χ4v) is 2.15. The summed E-state index contributed by atoms with van der Waals surface area (Å²) < 4.78 is 0. The minimum absolute atomic E-state index is 0.229. The standard InChI is InChI=1S/C15H15Cl2NO2/c16-12-6-7-14(17)13(8-12)15(19)9-18-20-10-11-4-2-1-3-5-11/h1-8,15,18-19H,9-10H2. The summed E-state index contributed by atoms with van der Waals surface area (Å²) in [7, 11) is 0. The van der Waals surface area contributed by atoms with Crippen molar-refractivity contribution in [3.05, 3.63) is 69.7 Å². The fraction of sp³-hybridized carbons (Fsp3) is 0.200. The van der Waals surface area contributed by atoms with Crippen LogP contribution in [0.5, 0.6) is 0 Å². The van der Waals surface area contributed by atoms with Gasteiger partial charge in [-0.05, 0) is 23.8 Å². The average molecular weight is 312 g/mol. The molecule has 2 N–H and O–H groups in total. The van der Waals surface area contributed by atoms with Gasteiger partial charge in [0.2, 0.25) is 0 Å². The van der Waals surface area contributed by atoms with E-state index in [9.17, 15) is 5.11 Å². The molecule has 2 aromatic carbocycles. The Balaban J connectivity index is 1.80. The normalized spacial score (nSPS) is 12.3. The molecule has 0 aliphatic heterocycles. The van der Waals surface area contributed by atoms with Gasteiger partial charge in [-0.15, -0.1) is 0 Å². The molecule has 0 fully saturated rings. The van der Waals surface area contributed by atoms with Gasteiger partial charge in [-0.3, -0.25) is 4.84 Å². The van der Waals surface area contributed by atoms with Crippen molar-refractivity contribution >= 4 is 23.2 Å². The highest BCUT2D eigenvalue weighted by atomic mass is 35.5. The van der Waals surface area contributed by atoms with E-state index in [0.29, 0.717) is 22.2 Å². The number of aliphatic hydroxyl groups excluding tert-OH is 1. The number of hydroxylamine groups is 1. The second kappa shape index (κ2) is 7.62. The Morgan fingerprint density at radius 2 is 1.85 bits per heavy atom. The molecule has 0 saturated carbocycles. The Bertz CT molecular complexity index is 549. The summed E-state index contributed by atoms with van der Waals surface area (Å²) in [5, 5.41) is 11.1. The van der Waals surface area contributed by atoms with Crippen molar-refractivity contribution in [2.75, 3.05) is 6.54 Å². The Labute approximate surface area is 128 Å². The largest absolute Gasteiger partial charge is 0.387 e. The van der Waals surface area contributed by atoms with Crippen LogP contribution in [0.15, 0.2) is 48.5 Å². The predicted molar refractivity (Wildman–Crippen MR) is 80.7 cm³/mol. The van der Waals surface area contributed by atoms with E-state index >= 15 is 0 Å². The van der Waals surface area contributed by atoms with Crippen molar-refractivity contribution in [1.29, 1.82) is 0 Å². The van der Waals surface area contributed by atoms with Gasteiger partial charge in [0, 0.05) is 15.6 Å². The van der Waals surface area contributed by atoms with Gasteiger partial charge in [0.1, 0.15) is 0 Å². The Hall–Kier alpha value is -1.10. The molecule has 0 spiro atoms.